The second-order valence-corrected chi connectivity index (χ2v) is 7.33. The number of ether oxygens (including phenoxy) is 2. The standard InChI is InChI=1S/C23H18Cl2N4O2/c1-30-16-9-7-15(21(12-16)31-2)13-26-29-23-17-5-3-4-6-20(17)27-22(28-23)14-8-10-18(24)19(25)11-14/h3-13H,1-2H3,(H,27,28,29)/b26-13+. The minimum Gasteiger partial charge on any atom is -0.497 e. The molecule has 0 aliphatic heterocycles. The van der Waals surface area contributed by atoms with Crippen molar-refractivity contribution in [3.8, 4) is 22.9 Å². The lowest BCUT2D eigenvalue weighted by molar-refractivity contribution is 0.394. The summed E-state index contributed by atoms with van der Waals surface area (Å²) < 4.78 is 10.6. The lowest BCUT2D eigenvalue weighted by atomic mass is 10.2. The first-order chi connectivity index (χ1) is 15.1. The van der Waals surface area contributed by atoms with Crippen molar-refractivity contribution >= 4 is 46.1 Å². The van der Waals surface area contributed by atoms with Crippen LogP contribution in [0.15, 0.2) is 65.8 Å². The second-order valence-electron chi connectivity index (χ2n) is 6.52. The molecule has 0 bridgehead atoms. The summed E-state index contributed by atoms with van der Waals surface area (Å²) in [6, 6.07) is 18.5. The molecule has 0 atom stereocenters. The maximum absolute atomic E-state index is 6.18. The van der Waals surface area contributed by atoms with Crippen LogP contribution in [0.25, 0.3) is 22.3 Å². The highest BCUT2D eigenvalue weighted by Gasteiger charge is 2.11. The highest BCUT2D eigenvalue weighted by Crippen LogP contribution is 2.30. The first-order valence-corrected chi connectivity index (χ1v) is 10.1. The van der Waals surface area contributed by atoms with Gasteiger partial charge in [0.2, 0.25) is 0 Å². The van der Waals surface area contributed by atoms with Gasteiger partial charge in [0.1, 0.15) is 11.5 Å². The molecule has 1 N–H and O–H groups in total. The van der Waals surface area contributed by atoms with Crippen LogP contribution < -0.4 is 14.9 Å². The number of hydrazone groups is 1. The van der Waals surface area contributed by atoms with Gasteiger partial charge in [0, 0.05) is 22.6 Å². The number of nitrogens with zero attached hydrogens (tertiary/aromatic N) is 3. The zero-order valence-electron chi connectivity index (χ0n) is 16.8. The van der Waals surface area contributed by atoms with Crippen LogP contribution in [0.5, 0.6) is 11.5 Å². The Bertz CT molecular complexity index is 1280. The number of halogens is 2. The molecule has 0 saturated heterocycles. The molecule has 0 amide bonds. The van der Waals surface area contributed by atoms with Crippen LogP contribution >= 0.6 is 23.2 Å². The van der Waals surface area contributed by atoms with Gasteiger partial charge in [0.15, 0.2) is 11.6 Å². The maximum Gasteiger partial charge on any atom is 0.162 e. The van der Waals surface area contributed by atoms with E-state index >= 15 is 0 Å². The van der Waals surface area contributed by atoms with E-state index in [1.54, 1.807) is 38.6 Å². The molecule has 0 fully saturated rings. The number of hydrogen-bond donors (Lipinski definition) is 1. The maximum atomic E-state index is 6.18. The van der Waals surface area contributed by atoms with Gasteiger partial charge in [-0.1, -0.05) is 35.3 Å². The minimum absolute atomic E-state index is 0.440. The molecule has 0 saturated carbocycles. The third-order valence-electron chi connectivity index (χ3n) is 4.60. The molecular weight excluding hydrogens is 435 g/mol. The fourth-order valence-electron chi connectivity index (χ4n) is 3.01. The number of hydrogen-bond acceptors (Lipinski definition) is 6. The monoisotopic (exact) mass is 452 g/mol. The van der Waals surface area contributed by atoms with E-state index in [0.717, 1.165) is 22.0 Å². The molecule has 6 nitrogen and oxygen atoms in total. The minimum atomic E-state index is 0.440. The van der Waals surface area contributed by atoms with Crippen molar-refractivity contribution in [1.82, 2.24) is 9.97 Å². The van der Waals surface area contributed by atoms with Crippen LogP contribution in [-0.4, -0.2) is 30.4 Å². The van der Waals surface area contributed by atoms with E-state index in [-0.39, 0.29) is 0 Å². The van der Waals surface area contributed by atoms with Gasteiger partial charge in [-0.15, -0.1) is 0 Å². The molecule has 1 heterocycles. The van der Waals surface area contributed by atoms with Crippen molar-refractivity contribution in [2.24, 2.45) is 5.10 Å². The molecule has 31 heavy (non-hydrogen) atoms. The van der Waals surface area contributed by atoms with Gasteiger partial charge in [-0.2, -0.15) is 5.10 Å². The summed E-state index contributed by atoms with van der Waals surface area (Å²) in [6.45, 7) is 0. The Labute approximate surface area is 189 Å². The van der Waals surface area contributed by atoms with E-state index < -0.39 is 0 Å². The molecule has 0 aliphatic carbocycles. The highest BCUT2D eigenvalue weighted by molar-refractivity contribution is 6.42. The van der Waals surface area contributed by atoms with E-state index in [0.29, 0.717) is 33.2 Å². The summed E-state index contributed by atoms with van der Waals surface area (Å²) in [7, 11) is 3.21. The third-order valence-corrected chi connectivity index (χ3v) is 5.33. The summed E-state index contributed by atoms with van der Waals surface area (Å²) >= 11 is 12.2. The quantitative estimate of drug-likeness (QED) is 0.284. The Hall–Kier alpha value is -3.35. The van der Waals surface area contributed by atoms with Crippen LogP contribution in [0.1, 0.15) is 5.56 Å². The summed E-state index contributed by atoms with van der Waals surface area (Å²) in [4.78, 5) is 9.31. The SMILES string of the molecule is COc1ccc(/C=N/Nc2nc(-c3ccc(Cl)c(Cl)c3)nc3ccccc23)c(OC)c1. The summed E-state index contributed by atoms with van der Waals surface area (Å²) in [5.74, 6) is 2.43. The van der Waals surface area contributed by atoms with E-state index in [2.05, 4.69) is 20.5 Å². The van der Waals surface area contributed by atoms with Crippen molar-refractivity contribution in [1.29, 1.82) is 0 Å². The molecule has 1 aromatic heterocycles. The summed E-state index contributed by atoms with van der Waals surface area (Å²) in [6.07, 6.45) is 1.66. The van der Waals surface area contributed by atoms with E-state index in [1.165, 1.54) is 0 Å². The van der Waals surface area contributed by atoms with Gasteiger partial charge < -0.3 is 9.47 Å². The van der Waals surface area contributed by atoms with Crippen LogP contribution in [-0.2, 0) is 0 Å². The van der Waals surface area contributed by atoms with Crippen molar-refractivity contribution < 1.29 is 9.47 Å². The molecule has 4 aromatic rings. The number of benzene rings is 3. The normalized spacial score (nSPS) is 11.1. The Kier molecular flexibility index (Phi) is 6.21. The van der Waals surface area contributed by atoms with Crippen LogP contribution in [0.4, 0.5) is 5.82 Å². The summed E-state index contributed by atoms with van der Waals surface area (Å²) in [5, 5.41) is 6.11. The molecule has 156 valence electrons. The first-order valence-electron chi connectivity index (χ1n) is 9.32. The van der Waals surface area contributed by atoms with Crippen LogP contribution in [0.3, 0.4) is 0 Å². The fraction of sp³-hybridized carbons (Fsp3) is 0.0870. The number of fused-ring (bicyclic) bond motifs is 1. The van der Waals surface area contributed by atoms with Crippen LogP contribution in [0.2, 0.25) is 10.0 Å². The van der Waals surface area contributed by atoms with Gasteiger partial charge in [-0.3, -0.25) is 5.43 Å². The molecular formula is C23H18Cl2N4O2. The number of para-hydroxylation sites is 1. The van der Waals surface area contributed by atoms with Crippen molar-refractivity contribution in [2.45, 2.75) is 0 Å². The van der Waals surface area contributed by atoms with Gasteiger partial charge >= 0.3 is 0 Å². The van der Waals surface area contributed by atoms with E-state index in [9.17, 15) is 0 Å². The highest BCUT2D eigenvalue weighted by atomic mass is 35.5. The molecule has 0 unspecified atom stereocenters. The number of methoxy groups -OCH3 is 2. The van der Waals surface area contributed by atoms with E-state index in [4.69, 9.17) is 32.7 Å². The molecule has 0 spiro atoms. The number of rotatable bonds is 6. The van der Waals surface area contributed by atoms with Gasteiger partial charge in [-0.25, -0.2) is 9.97 Å². The first kappa shape index (κ1) is 20.9. The lowest BCUT2D eigenvalue weighted by Gasteiger charge is -2.09. The van der Waals surface area contributed by atoms with Crippen molar-refractivity contribution in [2.75, 3.05) is 19.6 Å². The number of aromatic nitrogens is 2. The zero-order valence-corrected chi connectivity index (χ0v) is 18.3. The number of nitrogens with one attached hydrogen (secondary N) is 1. The molecule has 4 rings (SSSR count). The molecule has 0 radical (unpaired) electrons. The number of anilines is 1. The predicted octanol–water partition coefficient (Wildman–Crippen LogP) is 6.07. The third kappa shape index (κ3) is 4.55. The Morgan fingerprint density at radius 1 is 0.903 bits per heavy atom. The Morgan fingerprint density at radius 3 is 2.52 bits per heavy atom. The van der Waals surface area contributed by atoms with Crippen LogP contribution in [0, 0.1) is 0 Å². The average molecular weight is 453 g/mol. The molecule has 8 heteroatoms. The van der Waals surface area contributed by atoms with Gasteiger partial charge in [-0.05, 0) is 42.5 Å². The zero-order chi connectivity index (χ0) is 21.8. The fourth-order valence-corrected chi connectivity index (χ4v) is 3.31. The largest absolute Gasteiger partial charge is 0.497 e. The molecule has 3 aromatic carbocycles. The predicted molar refractivity (Wildman–Crippen MR) is 126 cm³/mol. The van der Waals surface area contributed by atoms with E-state index in [1.807, 2.05) is 42.5 Å². The topological polar surface area (TPSA) is 68.6 Å². The summed E-state index contributed by atoms with van der Waals surface area (Å²) in [5.41, 5.74) is 5.35. The van der Waals surface area contributed by atoms with Gasteiger partial charge in [0.05, 0.1) is 36.0 Å². The van der Waals surface area contributed by atoms with Crippen molar-refractivity contribution in [3.05, 3.63) is 76.3 Å². The molecule has 0 aliphatic rings. The smallest absolute Gasteiger partial charge is 0.162 e. The second kappa shape index (κ2) is 9.20. The van der Waals surface area contributed by atoms with Gasteiger partial charge in [0.25, 0.3) is 0 Å². The Balaban J connectivity index is 1.70. The lowest BCUT2D eigenvalue weighted by Crippen LogP contribution is -2.00. The average Bonchev–Trinajstić information content (AvgIpc) is 2.80. The Morgan fingerprint density at radius 2 is 1.74 bits per heavy atom. The van der Waals surface area contributed by atoms with Crippen molar-refractivity contribution in [3.63, 3.8) is 0 Å².